The summed E-state index contributed by atoms with van der Waals surface area (Å²) >= 11 is 0. The molecule has 1 aromatic carbocycles. The van der Waals surface area contributed by atoms with Crippen molar-refractivity contribution >= 4 is 17.3 Å². The molecule has 0 saturated carbocycles. The number of fused-ring (bicyclic) bond motifs is 1. The number of carbonyl (C=O) groups excluding carboxylic acids is 1. The predicted molar refractivity (Wildman–Crippen MR) is 75.1 cm³/mol. The van der Waals surface area contributed by atoms with Crippen LogP contribution in [-0.2, 0) is 4.79 Å². The highest BCUT2D eigenvalue weighted by molar-refractivity contribution is 6.03. The van der Waals surface area contributed by atoms with Crippen molar-refractivity contribution in [3.8, 4) is 0 Å². The first-order valence-corrected chi connectivity index (χ1v) is 6.50. The molecule has 0 aromatic heterocycles. The number of amides is 1. The molecular weight excluding hydrogens is 226 g/mol. The first-order valence-electron chi connectivity index (χ1n) is 6.50. The minimum absolute atomic E-state index is 0.0286. The van der Waals surface area contributed by atoms with E-state index in [1.165, 1.54) is 12.8 Å². The normalized spacial score (nSPS) is 17.5. The Morgan fingerprint density at radius 2 is 2.22 bits per heavy atom. The van der Waals surface area contributed by atoms with Crippen LogP contribution in [-0.4, -0.2) is 26.5 Å². The summed E-state index contributed by atoms with van der Waals surface area (Å²) in [5, 5.41) is 5.95. The molecule has 2 rings (SSSR count). The molecule has 1 aliphatic heterocycles. The van der Waals surface area contributed by atoms with Gasteiger partial charge in [0.2, 0.25) is 5.91 Å². The van der Waals surface area contributed by atoms with Gasteiger partial charge in [-0.05, 0) is 25.6 Å². The van der Waals surface area contributed by atoms with E-state index in [0.717, 1.165) is 23.5 Å². The first-order chi connectivity index (χ1) is 8.67. The van der Waals surface area contributed by atoms with Crippen LogP contribution in [0.4, 0.5) is 11.4 Å². The molecule has 1 unspecified atom stereocenters. The van der Waals surface area contributed by atoms with E-state index in [0.29, 0.717) is 0 Å². The van der Waals surface area contributed by atoms with Crippen LogP contribution in [0.1, 0.15) is 31.4 Å². The van der Waals surface area contributed by atoms with E-state index in [9.17, 15) is 4.79 Å². The molecule has 4 heteroatoms. The molecule has 1 aromatic rings. The number of carbonyl (C=O) groups is 1. The van der Waals surface area contributed by atoms with E-state index < -0.39 is 0 Å². The van der Waals surface area contributed by atoms with Crippen LogP contribution in [0.15, 0.2) is 18.2 Å². The van der Waals surface area contributed by atoms with Crippen molar-refractivity contribution in [3.05, 3.63) is 23.8 Å². The van der Waals surface area contributed by atoms with E-state index in [1.807, 2.05) is 6.07 Å². The fourth-order valence-electron chi connectivity index (χ4n) is 2.30. The minimum Gasteiger partial charge on any atom is -0.375 e. The van der Waals surface area contributed by atoms with Gasteiger partial charge in [0, 0.05) is 30.5 Å². The minimum atomic E-state index is -0.213. The van der Waals surface area contributed by atoms with E-state index >= 15 is 0 Å². The lowest BCUT2D eigenvalue weighted by molar-refractivity contribution is -0.117. The molecule has 4 nitrogen and oxygen atoms in total. The van der Waals surface area contributed by atoms with Gasteiger partial charge in [-0.3, -0.25) is 4.79 Å². The van der Waals surface area contributed by atoms with Gasteiger partial charge in [-0.1, -0.05) is 19.4 Å². The zero-order valence-corrected chi connectivity index (χ0v) is 11.3. The van der Waals surface area contributed by atoms with Crippen molar-refractivity contribution in [2.24, 2.45) is 0 Å². The smallest absolute Gasteiger partial charge is 0.246 e. The topological polar surface area (TPSA) is 44.4 Å². The standard InChI is InChI=1S/C14H21N3O/c1-4-5-8-17(3)10-6-7-11-12(9-10)16-14(18)13(11)15-2/h6-7,9,13,15H,4-5,8H2,1-3H3,(H,16,18). The summed E-state index contributed by atoms with van der Waals surface area (Å²) in [6.07, 6.45) is 2.37. The van der Waals surface area contributed by atoms with Crippen LogP contribution < -0.4 is 15.5 Å². The van der Waals surface area contributed by atoms with Gasteiger partial charge in [0.25, 0.3) is 0 Å². The summed E-state index contributed by atoms with van der Waals surface area (Å²) < 4.78 is 0. The molecule has 18 heavy (non-hydrogen) atoms. The summed E-state index contributed by atoms with van der Waals surface area (Å²) in [7, 11) is 3.89. The van der Waals surface area contributed by atoms with Crippen molar-refractivity contribution < 1.29 is 4.79 Å². The fraction of sp³-hybridized carbons (Fsp3) is 0.500. The fourth-order valence-corrected chi connectivity index (χ4v) is 2.30. The molecule has 98 valence electrons. The molecule has 0 aliphatic carbocycles. The maximum absolute atomic E-state index is 11.7. The van der Waals surface area contributed by atoms with E-state index in [1.54, 1.807) is 7.05 Å². The Labute approximate surface area is 108 Å². The molecule has 2 N–H and O–H groups in total. The van der Waals surface area contributed by atoms with Crippen LogP contribution in [0, 0.1) is 0 Å². The zero-order valence-electron chi connectivity index (χ0n) is 11.3. The Bertz CT molecular complexity index is 445. The van der Waals surface area contributed by atoms with E-state index in [-0.39, 0.29) is 11.9 Å². The van der Waals surface area contributed by atoms with Crippen LogP contribution in [0.3, 0.4) is 0 Å². The summed E-state index contributed by atoms with van der Waals surface area (Å²) in [4.78, 5) is 14.0. The average Bonchev–Trinajstić information content (AvgIpc) is 2.69. The molecule has 1 aliphatic rings. The van der Waals surface area contributed by atoms with Gasteiger partial charge < -0.3 is 15.5 Å². The Morgan fingerprint density at radius 3 is 2.89 bits per heavy atom. The Balaban J connectivity index is 2.19. The van der Waals surface area contributed by atoms with Gasteiger partial charge in [0.1, 0.15) is 6.04 Å². The molecule has 0 fully saturated rings. The average molecular weight is 247 g/mol. The molecular formula is C14H21N3O. The number of rotatable bonds is 5. The quantitative estimate of drug-likeness (QED) is 0.838. The van der Waals surface area contributed by atoms with E-state index in [2.05, 4.69) is 41.6 Å². The Kier molecular flexibility index (Phi) is 3.87. The van der Waals surface area contributed by atoms with Crippen LogP contribution in [0.2, 0.25) is 0 Å². The lowest BCUT2D eigenvalue weighted by Crippen LogP contribution is -2.23. The maximum Gasteiger partial charge on any atom is 0.246 e. The number of anilines is 2. The molecule has 0 saturated heterocycles. The highest BCUT2D eigenvalue weighted by atomic mass is 16.2. The number of nitrogens with zero attached hydrogens (tertiary/aromatic N) is 1. The van der Waals surface area contributed by atoms with Gasteiger partial charge >= 0.3 is 0 Å². The lowest BCUT2D eigenvalue weighted by atomic mass is 10.1. The highest BCUT2D eigenvalue weighted by Gasteiger charge is 2.29. The van der Waals surface area contributed by atoms with Crippen LogP contribution in [0.5, 0.6) is 0 Å². The van der Waals surface area contributed by atoms with Crippen LogP contribution >= 0.6 is 0 Å². The van der Waals surface area contributed by atoms with Crippen LogP contribution in [0.25, 0.3) is 0 Å². The molecule has 1 heterocycles. The third-order valence-corrected chi connectivity index (χ3v) is 3.44. The number of unbranched alkanes of at least 4 members (excludes halogenated alkanes) is 1. The highest BCUT2D eigenvalue weighted by Crippen LogP contribution is 2.33. The molecule has 1 amide bonds. The summed E-state index contributed by atoms with van der Waals surface area (Å²) in [5.74, 6) is 0.0286. The maximum atomic E-state index is 11.7. The third-order valence-electron chi connectivity index (χ3n) is 3.44. The summed E-state index contributed by atoms with van der Waals surface area (Å²) in [6.45, 7) is 3.23. The van der Waals surface area contributed by atoms with Gasteiger partial charge in [-0.15, -0.1) is 0 Å². The first kappa shape index (κ1) is 12.9. The number of benzene rings is 1. The summed E-state index contributed by atoms with van der Waals surface area (Å²) in [5.41, 5.74) is 3.12. The zero-order chi connectivity index (χ0) is 13.1. The number of nitrogens with one attached hydrogen (secondary N) is 2. The number of hydrogen-bond donors (Lipinski definition) is 2. The monoisotopic (exact) mass is 247 g/mol. The lowest BCUT2D eigenvalue weighted by Gasteiger charge is -2.19. The van der Waals surface area contributed by atoms with Crippen molar-refractivity contribution in [2.45, 2.75) is 25.8 Å². The number of likely N-dealkylation sites (N-methyl/N-ethyl adjacent to an activating group) is 1. The second kappa shape index (κ2) is 5.40. The third kappa shape index (κ3) is 2.34. The Morgan fingerprint density at radius 1 is 1.44 bits per heavy atom. The molecule has 0 spiro atoms. The van der Waals surface area contributed by atoms with Crippen molar-refractivity contribution in [1.29, 1.82) is 0 Å². The summed E-state index contributed by atoms with van der Waals surface area (Å²) in [6, 6.07) is 5.96. The predicted octanol–water partition coefficient (Wildman–Crippen LogP) is 2.14. The molecule has 1 atom stereocenters. The van der Waals surface area contributed by atoms with Gasteiger partial charge in [0.15, 0.2) is 0 Å². The Hall–Kier alpha value is -1.55. The van der Waals surface area contributed by atoms with Crippen molar-refractivity contribution in [1.82, 2.24) is 5.32 Å². The van der Waals surface area contributed by atoms with Crippen molar-refractivity contribution in [3.63, 3.8) is 0 Å². The number of hydrogen-bond acceptors (Lipinski definition) is 3. The second-order valence-electron chi connectivity index (χ2n) is 4.76. The van der Waals surface area contributed by atoms with Crippen molar-refractivity contribution in [2.75, 3.05) is 30.9 Å². The van der Waals surface area contributed by atoms with E-state index in [4.69, 9.17) is 0 Å². The second-order valence-corrected chi connectivity index (χ2v) is 4.76. The van der Waals surface area contributed by atoms with Gasteiger partial charge in [-0.2, -0.15) is 0 Å². The van der Waals surface area contributed by atoms with Gasteiger partial charge in [-0.25, -0.2) is 0 Å². The molecule has 0 bridgehead atoms. The molecule has 0 radical (unpaired) electrons. The largest absolute Gasteiger partial charge is 0.375 e. The van der Waals surface area contributed by atoms with Gasteiger partial charge in [0.05, 0.1) is 0 Å². The SMILES string of the molecule is CCCCN(C)c1ccc2c(c1)NC(=O)C2NC.